The first-order chi connectivity index (χ1) is 7.20. The molecular formula is C11H13ClN2O. The maximum absolute atomic E-state index is 11.5. The Morgan fingerprint density at radius 3 is 2.67 bits per heavy atom. The van der Waals surface area contributed by atoms with Crippen LogP contribution >= 0.6 is 11.6 Å². The molecule has 0 bridgehead atoms. The molecule has 1 atom stereocenters. The highest BCUT2D eigenvalue weighted by Gasteiger charge is 2.28. The van der Waals surface area contributed by atoms with Crippen LogP contribution in [0.3, 0.4) is 0 Å². The van der Waals surface area contributed by atoms with Crippen molar-refractivity contribution in [3.63, 3.8) is 0 Å². The Labute approximate surface area is 94.0 Å². The van der Waals surface area contributed by atoms with Crippen LogP contribution in [0.15, 0.2) is 24.3 Å². The second-order valence-electron chi connectivity index (χ2n) is 3.58. The fourth-order valence-electron chi connectivity index (χ4n) is 1.75. The third-order valence-electron chi connectivity index (χ3n) is 2.58. The standard InChI is InChI=1S/C11H13ClN2O/c1-2-14-11(15)7-10(13-14)8-3-5-9(12)6-4-8/h3-6,10,13H,2,7H2,1H3. The molecule has 0 radical (unpaired) electrons. The van der Waals surface area contributed by atoms with E-state index < -0.39 is 0 Å². The number of rotatable bonds is 2. The summed E-state index contributed by atoms with van der Waals surface area (Å²) >= 11 is 5.81. The summed E-state index contributed by atoms with van der Waals surface area (Å²) in [6.07, 6.45) is 0.523. The summed E-state index contributed by atoms with van der Waals surface area (Å²) in [5, 5.41) is 2.37. The first kappa shape index (κ1) is 10.5. The molecule has 0 saturated carbocycles. The largest absolute Gasteiger partial charge is 0.278 e. The van der Waals surface area contributed by atoms with Gasteiger partial charge in [0.15, 0.2) is 0 Å². The summed E-state index contributed by atoms with van der Waals surface area (Å²) in [5.41, 5.74) is 4.27. The van der Waals surface area contributed by atoms with Gasteiger partial charge in [-0.1, -0.05) is 23.7 Å². The number of amides is 1. The van der Waals surface area contributed by atoms with Crippen molar-refractivity contribution in [1.82, 2.24) is 10.4 Å². The molecule has 2 rings (SSSR count). The van der Waals surface area contributed by atoms with E-state index in [0.717, 1.165) is 10.6 Å². The van der Waals surface area contributed by atoms with Gasteiger partial charge in [-0.05, 0) is 24.6 Å². The molecule has 1 unspecified atom stereocenters. The maximum atomic E-state index is 11.5. The Hall–Kier alpha value is -1.06. The molecular weight excluding hydrogens is 212 g/mol. The van der Waals surface area contributed by atoms with E-state index in [1.165, 1.54) is 0 Å². The Kier molecular flexibility index (Phi) is 2.93. The summed E-state index contributed by atoms with van der Waals surface area (Å²) in [5.74, 6) is 0.150. The number of hydrazine groups is 1. The molecule has 1 aromatic carbocycles. The first-order valence-corrected chi connectivity index (χ1v) is 5.40. The van der Waals surface area contributed by atoms with Crippen LogP contribution in [0.25, 0.3) is 0 Å². The van der Waals surface area contributed by atoms with E-state index in [0.29, 0.717) is 13.0 Å². The van der Waals surface area contributed by atoms with Gasteiger partial charge in [-0.15, -0.1) is 0 Å². The minimum absolute atomic E-state index is 0.0923. The highest BCUT2D eigenvalue weighted by molar-refractivity contribution is 6.30. The smallest absolute Gasteiger partial charge is 0.238 e. The molecule has 0 aliphatic carbocycles. The molecule has 1 saturated heterocycles. The monoisotopic (exact) mass is 224 g/mol. The fraction of sp³-hybridized carbons (Fsp3) is 0.364. The highest BCUT2D eigenvalue weighted by atomic mass is 35.5. The van der Waals surface area contributed by atoms with E-state index in [1.807, 2.05) is 31.2 Å². The summed E-state index contributed by atoms with van der Waals surface area (Å²) in [6.45, 7) is 2.65. The fourth-order valence-corrected chi connectivity index (χ4v) is 1.87. The van der Waals surface area contributed by atoms with Gasteiger partial charge in [0.05, 0.1) is 6.04 Å². The predicted octanol–water partition coefficient (Wildman–Crippen LogP) is 2.14. The van der Waals surface area contributed by atoms with Gasteiger partial charge >= 0.3 is 0 Å². The van der Waals surface area contributed by atoms with Crippen molar-refractivity contribution in [3.8, 4) is 0 Å². The summed E-state index contributed by atoms with van der Waals surface area (Å²) in [6, 6.07) is 7.68. The SMILES string of the molecule is CCN1NC(c2ccc(Cl)cc2)CC1=O. The van der Waals surface area contributed by atoms with Crippen LogP contribution < -0.4 is 5.43 Å². The predicted molar refractivity (Wildman–Crippen MR) is 59.3 cm³/mol. The van der Waals surface area contributed by atoms with Crippen molar-refractivity contribution in [3.05, 3.63) is 34.9 Å². The summed E-state index contributed by atoms with van der Waals surface area (Å²) in [4.78, 5) is 11.5. The third kappa shape index (κ3) is 2.13. The normalized spacial score (nSPS) is 21.1. The van der Waals surface area contributed by atoms with Crippen LogP contribution in [0.2, 0.25) is 5.02 Å². The second-order valence-corrected chi connectivity index (χ2v) is 4.01. The topological polar surface area (TPSA) is 32.3 Å². The molecule has 1 aliphatic rings. The zero-order valence-corrected chi connectivity index (χ0v) is 9.29. The van der Waals surface area contributed by atoms with Crippen LogP contribution in [0.5, 0.6) is 0 Å². The van der Waals surface area contributed by atoms with Crippen LogP contribution in [0, 0.1) is 0 Å². The number of halogens is 1. The lowest BCUT2D eigenvalue weighted by atomic mass is 10.1. The molecule has 80 valence electrons. The van der Waals surface area contributed by atoms with Crippen molar-refractivity contribution >= 4 is 17.5 Å². The minimum Gasteiger partial charge on any atom is -0.278 e. The first-order valence-electron chi connectivity index (χ1n) is 5.02. The van der Waals surface area contributed by atoms with Crippen molar-refractivity contribution in [2.75, 3.05) is 6.54 Å². The average molecular weight is 225 g/mol. The van der Waals surface area contributed by atoms with Gasteiger partial charge in [-0.3, -0.25) is 9.80 Å². The number of nitrogens with one attached hydrogen (secondary N) is 1. The number of benzene rings is 1. The van der Waals surface area contributed by atoms with Gasteiger partial charge in [0.25, 0.3) is 0 Å². The Bertz CT molecular complexity index is 363. The van der Waals surface area contributed by atoms with E-state index in [2.05, 4.69) is 5.43 Å². The molecule has 0 spiro atoms. The molecule has 15 heavy (non-hydrogen) atoms. The number of carbonyl (C=O) groups excluding carboxylic acids is 1. The van der Waals surface area contributed by atoms with Gasteiger partial charge in [0, 0.05) is 18.0 Å². The maximum Gasteiger partial charge on any atom is 0.238 e. The number of carbonyl (C=O) groups is 1. The Morgan fingerprint density at radius 2 is 2.13 bits per heavy atom. The zero-order chi connectivity index (χ0) is 10.8. The van der Waals surface area contributed by atoms with Crippen molar-refractivity contribution in [1.29, 1.82) is 0 Å². The van der Waals surface area contributed by atoms with Gasteiger partial charge in [0.2, 0.25) is 5.91 Å². The van der Waals surface area contributed by atoms with Gasteiger partial charge < -0.3 is 0 Å². The molecule has 1 amide bonds. The van der Waals surface area contributed by atoms with E-state index in [4.69, 9.17) is 11.6 Å². The van der Waals surface area contributed by atoms with Crippen LogP contribution in [0.1, 0.15) is 24.9 Å². The van der Waals surface area contributed by atoms with Crippen molar-refractivity contribution in [2.24, 2.45) is 0 Å². The van der Waals surface area contributed by atoms with Gasteiger partial charge in [0.1, 0.15) is 0 Å². The molecule has 4 heteroatoms. The van der Waals surface area contributed by atoms with Crippen LogP contribution in [-0.4, -0.2) is 17.5 Å². The summed E-state index contributed by atoms with van der Waals surface area (Å²) in [7, 11) is 0. The lowest BCUT2D eigenvalue weighted by Gasteiger charge is -2.15. The second kappa shape index (κ2) is 4.21. The van der Waals surface area contributed by atoms with Crippen LogP contribution in [-0.2, 0) is 4.79 Å². The molecule has 0 aromatic heterocycles. The van der Waals surface area contributed by atoms with E-state index in [-0.39, 0.29) is 11.9 Å². The Balaban J connectivity index is 2.13. The molecule has 3 nitrogen and oxygen atoms in total. The lowest BCUT2D eigenvalue weighted by molar-refractivity contribution is -0.129. The van der Waals surface area contributed by atoms with Gasteiger partial charge in [-0.2, -0.15) is 0 Å². The number of nitrogens with zero attached hydrogens (tertiary/aromatic N) is 1. The molecule has 1 fully saturated rings. The molecule has 1 aromatic rings. The van der Waals surface area contributed by atoms with Crippen molar-refractivity contribution < 1.29 is 4.79 Å². The minimum atomic E-state index is 0.0923. The van der Waals surface area contributed by atoms with E-state index in [1.54, 1.807) is 5.01 Å². The van der Waals surface area contributed by atoms with Crippen LogP contribution in [0.4, 0.5) is 0 Å². The zero-order valence-electron chi connectivity index (χ0n) is 8.53. The molecule has 1 N–H and O–H groups in total. The molecule has 1 heterocycles. The number of hydrogen-bond acceptors (Lipinski definition) is 2. The average Bonchev–Trinajstić information content (AvgIpc) is 2.61. The quantitative estimate of drug-likeness (QED) is 0.835. The highest BCUT2D eigenvalue weighted by Crippen LogP contribution is 2.24. The third-order valence-corrected chi connectivity index (χ3v) is 2.83. The summed E-state index contributed by atoms with van der Waals surface area (Å²) < 4.78 is 0. The van der Waals surface area contributed by atoms with E-state index >= 15 is 0 Å². The van der Waals surface area contributed by atoms with Crippen molar-refractivity contribution in [2.45, 2.75) is 19.4 Å². The van der Waals surface area contributed by atoms with Gasteiger partial charge in [-0.25, -0.2) is 5.43 Å². The Morgan fingerprint density at radius 1 is 1.47 bits per heavy atom. The lowest BCUT2D eigenvalue weighted by Crippen LogP contribution is -2.34. The number of hydrogen-bond donors (Lipinski definition) is 1. The van der Waals surface area contributed by atoms with E-state index in [9.17, 15) is 4.79 Å². The molecule has 1 aliphatic heterocycles.